The molecule has 0 amide bonds. The Hall–Kier alpha value is -0.370. The number of Topliss-reactive ketones (excluding diaryl/α,β-unsaturated/α-hetero) is 1. The highest BCUT2D eigenvalue weighted by molar-refractivity contribution is 5.88. The molecular weight excluding hydrogens is 188 g/mol. The monoisotopic (exact) mass is 206 g/mol. The number of ether oxygens (including phenoxy) is 1. The van der Waals surface area contributed by atoms with E-state index in [1.54, 1.807) is 0 Å². The molecule has 3 saturated carbocycles. The molecule has 0 aromatic heterocycles. The lowest BCUT2D eigenvalue weighted by molar-refractivity contribution is -0.134. The first kappa shape index (κ1) is 8.74. The van der Waals surface area contributed by atoms with Crippen LogP contribution in [-0.2, 0) is 9.53 Å². The maximum absolute atomic E-state index is 12.2. The molecule has 4 fully saturated rings. The zero-order chi connectivity index (χ0) is 10.1. The third kappa shape index (κ3) is 0.848. The van der Waals surface area contributed by atoms with Crippen molar-refractivity contribution in [1.29, 1.82) is 0 Å². The van der Waals surface area contributed by atoms with Gasteiger partial charge in [-0.3, -0.25) is 4.79 Å². The number of carbonyl (C=O) groups is 1. The van der Waals surface area contributed by atoms with Crippen molar-refractivity contribution in [2.24, 2.45) is 11.8 Å². The number of fused-ring (bicyclic) bond motifs is 2. The van der Waals surface area contributed by atoms with Gasteiger partial charge in [0.05, 0.1) is 5.60 Å². The Kier molecular flexibility index (Phi) is 1.44. The summed E-state index contributed by atoms with van der Waals surface area (Å²) in [6, 6.07) is 0. The highest BCUT2D eigenvalue weighted by Crippen LogP contribution is 2.69. The van der Waals surface area contributed by atoms with E-state index in [2.05, 4.69) is 0 Å². The SMILES string of the molecule is O=C1[C@@H]2CCC[C@@H]1[C@]13CCCC[C@@]1(C2)O3. The van der Waals surface area contributed by atoms with E-state index in [-0.39, 0.29) is 17.1 Å². The van der Waals surface area contributed by atoms with Gasteiger partial charge in [0.1, 0.15) is 11.4 Å². The van der Waals surface area contributed by atoms with Crippen LogP contribution in [0.25, 0.3) is 0 Å². The number of rotatable bonds is 0. The van der Waals surface area contributed by atoms with Gasteiger partial charge in [-0.1, -0.05) is 19.3 Å². The Morgan fingerprint density at radius 2 is 2.00 bits per heavy atom. The second-order valence-corrected chi connectivity index (χ2v) is 5.98. The minimum atomic E-state index is 0.0409. The zero-order valence-electron chi connectivity index (χ0n) is 9.13. The molecule has 0 spiro atoms. The third-order valence-electron chi connectivity index (χ3n) is 5.42. The van der Waals surface area contributed by atoms with Gasteiger partial charge in [0, 0.05) is 11.8 Å². The van der Waals surface area contributed by atoms with E-state index in [0.29, 0.717) is 11.7 Å². The smallest absolute Gasteiger partial charge is 0.142 e. The summed E-state index contributed by atoms with van der Waals surface area (Å²) in [5.74, 6) is 1.19. The van der Waals surface area contributed by atoms with Crippen LogP contribution in [0.15, 0.2) is 0 Å². The van der Waals surface area contributed by atoms with E-state index in [9.17, 15) is 4.79 Å². The summed E-state index contributed by atoms with van der Waals surface area (Å²) in [4.78, 5) is 12.2. The second kappa shape index (κ2) is 2.48. The lowest BCUT2D eigenvalue weighted by Crippen LogP contribution is -2.50. The van der Waals surface area contributed by atoms with Crippen LogP contribution in [0, 0.1) is 11.8 Å². The van der Waals surface area contributed by atoms with Crippen molar-refractivity contribution in [3.8, 4) is 0 Å². The molecule has 0 aromatic carbocycles. The third-order valence-corrected chi connectivity index (χ3v) is 5.42. The standard InChI is InChI=1S/C13H18O2/c14-11-9-4-3-5-10(11)13-7-2-1-6-12(13,8-9)15-13/h9-10H,1-8H2/t9-,10+,12+,13-/m1/s1. The zero-order valence-corrected chi connectivity index (χ0v) is 9.13. The van der Waals surface area contributed by atoms with Crippen LogP contribution in [-0.4, -0.2) is 17.0 Å². The molecule has 0 N–H and O–H groups in total. The summed E-state index contributed by atoms with van der Waals surface area (Å²) in [5, 5.41) is 0. The van der Waals surface area contributed by atoms with E-state index in [4.69, 9.17) is 4.74 Å². The van der Waals surface area contributed by atoms with E-state index in [1.807, 2.05) is 0 Å². The van der Waals surface area contributed by atoms with E-state index >= 15 is 0 Å². The first-order valence-electron chi connectivity index (χ1n) is 6.51. The van der Waals surface area contributed by atoms with Crippen LogP contribution >= 0.6 is 0 Å². The summed E-state index contributed by atoms with van der Waals surface area (Å²) in [6.45, 7) is 0. The average Bonchev–Trinajstić information content (AvgIpc) is 2.88. The van der Waals surface area contributed by atoms with Gasteiger partial charge in [-0.2, -0.15) is 0 Å². The van der Waals surface area contributed by atoms with Crippen LogP contribution < -0.4 is 0 Å². The first-order valence-corrected chi connectivity index (χ1v) is 6.51. The van der Waals surface area contributed by atoms with Gasteiger partial charge >= 0.3 is 0 Å². The largest absolute Gasteiger partial charge is 0.362 e. The lowest BCUT2D eigenvalue weighted by Gasteiger charge is -2.41. The fraction of sp³-hybridized carbons (Fsp3) is 0.923. The Morgan fingerprint density at radius 3 is 2.93 bits per heavy atom. The Morgan fingerprint density at radius 1 is 1.13 bits per heavy atom. The summed E-state index contributed by atoms with van der Waals surface area (Å²) in [6.07, 6.45) is 9.53. The average molecular weight is 206 g/mol. The van der Waals surface area contributed by atoms with Crippen molar-refractivity contribution in [2.45, 2.75) is 62.6 Å². The van der Waals surface area contributed by atoms with Crippen LogP contribution in [0.4, 0.5) is 0 Å². The van der Waals surface area contributed by atoms with Gasteiger partial charge in [-0.05, 0) is 32.1 Å². The molecule has 4 aliphatic rings. The molecule has 1 saturated heterocycles. The van der Waals surface area contributed by atoms with Crippen LogP contribution in [0.2, 0.25) is 0 Å². The lowest BCUT2D eigenvalue weighted by atomic mass is 9.57. The van der Waals surface area contributed by atoms with Crippen LogP contribution in [0.5, 0.6) is 0 Å². The van der Waals surface area contributed by atoms with E-state index in [0.717, 1.165) is 25.7 Å². The molecule has 15 heavy (non-hydrogen) atoms. The molecule has 0 radical (unpaired) electrons. The Labute approximate surface area is 90.4 Å². The molecule has 2 heteroatoms. The molecule has 0 unspecified atom stereocenters. The molecule has 2 bridgehead atoms. The van der Waals surface area contributed by atoms with E-state index in [1.165, 1.54) is 25.7 Å². The molecule has 0 aromatic rings. The Bertz CT molecular complexity index is 337. The van der Waals surface area contributed by atoms with Crippen molar-refractivity contribution in [3.05, 3.63) is 0 Å². The summed E-state index contributed by atoms with van der Waals surface area (Å²) in [5.41, 5.74) is 0.216. The molecular formula is C13H18O2. The van der Waals surface area contributed by atoms with Gasteiger partial charge in [0.15, 0.2) is 0 Å². The van der Waals surface area contributed by atoms with E-state index < -0.39 is 0 Å². The van der Waals surface area contributed by atoms with Crippen molar-refractivity contribution in [2.75, 3.05) is 0 Å². The number of carbonyl (C=O) groups excluding carboxylic acids is 1. The second-order valence-electron chi connectivity index (χ2n) is 5.98. The molecule has 2 nitrogen and oxygen atoms in total. The summed E-state index contributed by atoms with van der Waals surface area (Å²) >= 11 is 0. The number of hydrogen-bond acceptors (Lipinski definition) is 2. The minimum Gasteiger partial charge on any atom is -0.362 e. The fourth-order valence-corrected chi connectivity index (χ4v) is 4.74. The number of epoxide rings is 1. The van der Waals surface area contributed by atoms with Gasteiger partial charge in [0.25, 0.3) is 0 Å². The normalized spacial score (nSPS) is 56.9. The van der Waals surface area contributed by atoms with Crippen molar-refractivity contribution in [3.63, 3.8) is 0 Å². The quantitative estimate of drug-likeness (QED) is 0.570. The molecule has 4 atom stereocenters. The van der Waals surface area contributed by atoms with Crippen LogP contribution in [0.3, 0.4) is 0 Å². The number of ketones is 1. The fourth-order valence-electron chi connectivity index (χ4n) is 4.74. The summed E-state index contributed by atoms with van der Waals surface area (Å²) in [7, 11) is 0. The topological polar surface area (TPSA) is 29.6 Å². The van der Waals surface area contributed by atoms with Gasteiger partial charge in [-0.25, -0.2) is 0 Å². The number of hydrogen-bond donors (Lipinski definition) is 0. The van der Waals surface area contributed by atoms with Crippen molar-refractivity contribution >= 4 is 5.78 Å². The van der Waals surface area contributed by atoms with Crippen LogP contribution in [0.1, 0.15) is 51.4 Å². The maximum Gasteiger partial charge on any atom is 0.142 e. The highest BCUT2D eigenvalue weighted by atomic mass is 16.6. The molecule has 4 rings (SSSR count). The molecule has 1 aliphatic heterocycles. The van der Waals surface area contributed by atoms with Gasteiger partial charge in [0.2, 0.25) is 0 Å². The predicted molar refractivity (Wildman–Crippen MR) is 55.5 cm³/mol. The minimum absolute atomic E-state index is 0.0409. The maximum atomic E-state index is 12.2. The first-order chi connectivity index (χ1) is 7.28. The highest BCUT2D eigenvalue weighted by Gasteiger charge is 2.77. The molecule has 82 valence electrons. The van der Waals surface area contributed by atoms with Crippen molar-refractivity contribution < 1.29 is 9.53 Å². The van der Waals surface area contributed by atoms with Crippen molar-refractivity contribution in [1.82, 2.24) is 0 Å². The molecule has 1 heterocycles. The summed E-state index contributed by atoms with van der Waals surface area (Å²) < 4.78 is 6.18. The van der Waals surface area contributed by atoms with Gasteiger partial charge < -0.3 is 4.74 Å². The van der Waals surface area contributed by atoms with Gasteiger partial charge in [-0.15, -0.1) is 0 Å². The Balaban J connectivity index is 1.77. The molecule has 3 aliphatic carbocycles. The predicted octanol–water partition coefficient (Wildman–Crippen LogP) is 2.46.